The van der Waals surface area contributed by atoms with Crippen LogP contribution >= 0.6 is 0 Å². The highest BCUT2D eigenvalue weighted by molar-refractivity contribution is 5.76. The van der Waals surface area contributed by atoms with Crippen LogP contribution in [-0.4, -0.2) is 36.0 Å². The number of aliphatic carboxylic acids is 1. The molecule has 2 amide bonds. The summed E-state index contributed by atoms with van der Waals surface area (Å²) in [6.07, 6.45) is 21.1. The van der Waals surface area contributed by atoms with E-state index in [0.29, 0.717) is 12.8 Å². The molecule has 0 bridgehead atoms. The zero-order chi connectivity index (χ0) is 23.0. The number of hydrogen-bond donors (Lipinski definition) is 3. The Morgan fingerprint density at radius 3 is 1.16 bits per heavy atom. The summed E-state index contributed by atoms with van der Waals surface area (Å²) in [4.78, 5) is 33.2. The number of amides is 2. The minimum Gasteiger partial charge on any atom is -0.481 e. The molecule has 6 heteroatoms. The third-order valence-corrected chi connectivity index (χ3v) is 5.59. The fraction of sp³-hybridized carbons (Fsp3) is 0.880. The van der Waals surface area contributed by atoms with Crippen LogP contribution in [-0.2, 0) is 14.4 Å². The first-order valence-corrected chi connectivity index (χ1v) is 12.8. The molecule has 0 radical (unpaired) electrons. The Kier molecular flexibility index (Phi) is 21.9. The molecule has 0 rings (SSSR count). The maximum atomic E-state index is 11.5. The van der Waals surface area contributed by atoms with Gasteiger partial charge in [-0.2, -0.15) is 0 Å². The SMILES string of the molecule is CCNC(=O)CCCCCCCCCCCCCCCCCCC(=O)NCCC(=O)O. The normalized spacial score (nSPS) is 10.7. The molecule has 0 aromatic heterocycles. The molecule has 0 aromatic rings. The fourth-order valence-electron chi connectivity index (χ4n) is 3.73. The summed E-state index contributed by atoms with van der Waals surface area (Å²) >= 11 is 0. The van der Waals surface area contributed by atoms with E-state index < -0.39 is 5.97 Å². The van der Waals surface area contributed by atoms with Crippen LogP contribution in [0.15, 0.2) is 0 Å². The molecule has 0 atom stereocenters. The Balaban J connectivity index is 3.14. The lowest BCUT2D eigenvalue weighted by Gasteiger charge is -2.05. The average molecular weight is 441 g/mol. The van der Waals surface area contributed by atoms with Gasteiger partial charge in [0.25, 0.3) is 0 Å². The third-order valence-electron chi connectivity index (χ3n) is 5.59. The van der Waals surface area contributed by atoms with Crippen LogP contribution in [0.5, 0.6) is 0 Å². The van der Waals surface area contributed by atoms with Gasteiger partial charge >= 0.3 is 5.97 Å². The molecule has 0 heterocycles. The minimum absolute atomic E-state index is 0.00664. The van der Waals surface area contributed by atoms with Gasteiger partial charge in [-0.25, -0.2) is 0 Å². The third kappa shape index (κ3) is 24.6. The summed E-state index contributed by atoms with van der Waals surface area (Å²) < 4.78 is 0. The van der Waals surface area contributed by atoms with E-state index in [-0.39, 0.29) is 24.8 Å². The Morgan fingerprint density at radius 2 is 0.839 bits per heavy atom. The molecule has 31 heavy (non-hydrogen) atoms. The molecular formula is C25H48N2O4. The van der Waals surface area contributed by atoms with Crippen LogP contribution in [0, 0.1) is 0 Å². The van der Waals surface area contributed by atoms with Gasteiger partial charge in [0.1, 0.15) is 0 Å². The van der Waals surface area contributed by atoms with E-state index in [1.165, 1.54) is 83.5 Å². The first-order chi connectivity index (χ1) is 15.1. The van der Waals surface area contributed by atoms with E-state index >= 15 is 0 Å². The van der Waals surface area contributed by atoms with Crippen molar-refractivity contribution in [2.24, 2.45) is 0 Å². The summed E-state index contributed by atoms with van der Waals surface area (Å²) in [5.41, 5.74) is 0. The number of carboxylic acid groups (broad SMARTS) is 1. The number of carbonyl (C=O) groups excluding carboxylic acids is 2. The van der Waals surface area contributed by atoms with E-state index in [0.717, 1.165) is 25.8 Å². The Morgan fingerprint density at radius 1 is 0.516 bits per heavy atom. The highest BCUT2D eigenvalue weighted by Gasteiger charge is 2.02. The molecule has 182 valence electrons. The molecule has 0 aliphatic rings. The Hall–Kier alpha value is -1.59. The van der Waals surface area contributed by atoms with Crippen molar-refractivity contribution in [1.29, 1.82) is 0 Å². The van der Waals surface area contributed by atoms with Crippen LogP contribution in [0.2, 0.25) is 0 Å². The van der Waals surface area contributed by atoms with Crippen molar-refractivity contribution in [1.82, 2.24) is 10.6 Å². The molecule has 0 aliphatic heterocycles. The second-order valence-electron chi connectivity index (χ2n) is 8.60. The van der Waals surface area contributed by atoms with Gasteiger partial charge in [0.05, 0.1) is 6.42 Å². The summed E-state index contributed by atoms with van der Waals surface area (Å²) in [5.74, 6) is -0.714. The maximum absolute atomic E-state index is 11.5. The summed E-state index contributed by atoms with van der Waals surface area (Å²) in [5, 5.41) is 14.0. The largest absolute Gasteiger partial charge is 0.481 e. The molecule has 0 spiro atoms. The topological polar surface area (TPSA) is 95.5 Å². The van der Waals surface area contributed by atoms with Crippen molar-refractivity contribution < 1.29 is 19.5 Å². The number of nitrogens with one attached hydrogen (secondary N) is 2. The molecule has 3 N–H and O–H groups in total. The second kappa shape index (κ2) is 23.1. The monoisotopic (exact) mass is 440 g/mol. The highest BCUT2D eigenvalue weighted by atomic mass is 16.4. The molecule has 0 fully saturated rings. The lowest BCUT2D eigenvalue weighted by Crippen LogP contribution is -2.25. The van der Waals surface area contributed by atoms with Gasteiger partial charge in [-0.05, 0) is 19.8 Å². The predicted molar refractivity (Wildman–Crippen MR) is 127 cm³/mol. The van der Waals surface area contributed by atoms with E-state index in [1.807, 2.05) is 6.92 Å². The smallest absolute Gasteiger partial charge is 0.305 e. The fourth-order valence-corrected chi connectivity index (χ4v) is 3.73. The van der Waals surface area contributed by atoms with Crippen molar-refractivity contribution in [2.75, 3.05) is 13.1 Å². The summed E-state index contributed by atoms with van der Waals surface area (Å²) in [6.45, 7) is 2.93. The van der Waals surface area contributed by atoms with Gasteiger partial charge in [0.15, 0.2) is 0 Å². The van der Waals surface area contributed by atoms with Crippen molar-refractivity contribution in [3.63, 3.8) is 0 Å². The standard InChI is InChI=1S/C25H48N2O4/c1-2-26-23(28)19-17-15-13-11-9-7-5-3-4-6-8-10-12-14-16-18-20-24(29)27-22-21-25(30)31/h2-22H2,1H3,(H,26,28)(H,27,29)(H,30,31). The van der Waals surface area contributed by atoms with Crippen LogP contribution in [0.25, 0.3) is 0 Å². The van der Waals surface area contributed by atoms with E-state index in [1.54, 1.807) is 0 Å². The van der Waals surface area contributed by atoms with Crippen LogP contribution in [0.4, 0.5) is 0 Å². The average Bonchev–Trinajstić information content (AvgIpc) is 2.72. The van der Waals surface area contributed by atoms with Gasteiger partial charge in [0, 0.05) is 25.9 Å². The van der Waals surface area contributed by atoms with Crippen molar-refractivity contribution >= 4 is 17.8 Å². The Bertz CT molecular complexity index is 455. The zero-order valence-electron chi connectivity index (χ0n) is 20.0. The Labute approximate surface area is 190 Å². The molecule has 0 aromatic carbocycles. The lowest BCUT2D eigenvalue weighted by atomic mass is 10.0. The quantitative estimate of drug-likeness (QED) is 0.177. The van der Waals surface area contributed by atoms with Crippen molar-refractivity contribution in [2.45, 2.75) is 129 Å². The number of hydrogen-bond acceptors (Lipinski definition) is 3. The van der Waals surface area contributed by atoms with Gasteiger partial charge in [0.2, 0.25) is 11.8 Å². The molecule has 0 unspecified atom stereocenters. The zero-order valence-corrected chi connectivity index (χ0v) is 20.0. The molecule has 0 saturated carbocycles. The van der Waals surface area contributed by atoms with Crippen LogP contribution in [0.3, 0.4) is 0 Å². The number of unbranched alkanes of at least 4 members (excludes halogenated alkanes) is 15. The number of carboxylic acids is 1. The van der Waals surface area contributed by atoms with Crippen molar-refractivity contribution in [3.05, 3.63) is 0 Å². The lowest BCUT2D eigenvalue weighted by molar-refractivity contribution is -0.137. The van der Waals surface area contributed by atoms with Crippen LogP contribution in [0.1, 0.15) is 129 Å². The van der Waals surface area contributed by atoms with E-state index in [4.69, 9.17) is 5.11 Å². The first-order valence-electron chi connectivity index (χ1n) is 12.8. The molecule has 6 nitrogen and oxygen atoms in total. The summed E-state index contributed by atoms with van der Waals surface area (Å²) in [6, 6.07) is 0. The molecular weight excluding hydrogens is 392 g/mol. The van der Waals surface area contributed by atoms with Gasteiger partial charge < -0.3 is 15.7 Å². The minimum atomic E-state index is -0.877. The molecule has 0 aliphatic carbocycles. The first kappa shape index (κ1) is 29.4. The van der Waals surface area contributed by atoms with Gasteiger partial charge in [-0.1, -0.05) is 89.9 Å². The number of rotatable bonds is 23. The van der Waals surface area contributed by atoms with E-state index in [9.17, 15) is 14.4 Å². The van der Waals surface area contributed by atoms with Gasteiger partial charge in [-0.15, -0.1) is 0 Å². The van der Waals surface area contributed by atoms with E-state index in [2.05, 4.69) is 10.6 Å². The second-order valence-corrected chi connectivity index (χ2v) is 8.60. The predicted octanol–water partition coefficient (Wildman–Crippen LogP) is 5.74. The molecule has 0 saturated heterocycles. The number of carbonyl (C=O) groups is 3. The maximum Gasteiger partial charge on any atom is 0.305 e. The van der Waals surface area contributed by atoms with Crippen LogP contribution < -0.4 is 10.6 Å². The highest BCUT2D eigenvalue weighted by Crippen LogP contribution is 2.14. The van der Waals surface area contributed by atoms with Gasteiger partial charge in [-0.3, -0.25) is 14.4 Å². The summed E-state index contributed by atoms with van der Waals surface area (Å²) in [7, 11) is 0. The van der Waals surface area contributed by atoms with Crippen molar-refractivity contribution in [3.8, 4) is 0 Å².